The number of hydrogen-bond donors (Lipinski definition) is 0. The van der Waals surface area contributed by atoms with Crippen molar-refractivity contribution >= 4 is 55.7 Å². The van der Waals surface area contributed by atoms with Crippen molar-refractivity contribution in [2.45, 2.75) is 60.9 Å². The minimum atomic E-state index is -6.09. The zero-order chi connectivity index (χ0) is 37.7. The van der Waals surface area contributed by atoms with E-state index in [0.29, 0.717) is 0 Å². The molecule has 6 rings (SSSR count). The van der Waals surface area contributed by atoms with Gasteiger partial charge in [0.2, 0.25) is 0 Å². The van der Waals surface area contributed by atoms with E-state index in [1.807, 2.05) is 48.8 Å². The molecule has 0 radical (unpaired) electrons. The fourth-order valence-electron chi connectivity index (χ4n) is 5.99. The first-order valence-corrected chi connectivity index (χ1v) is 17.5. The van der Waals surface area contributed by atoms with E-state index in [-0.39, 0.29) is 26.5 Å². The molecule has 3 N–H and O–H groups in total. The minimum absolute atomic E-state index is 0. The molecule has 5 aromatic carbocycles. The SMILES string of the molecule is Cc1cc(C)c(N=Cc2cc(C)cc3c2[n-]c2c(C=Nc4c(C)cc(C)cc4C)cc(C)cc23)c(C)c1.O=S(=O)([O-])C(F)(F)F.[OH3+].[Pt+2].c1ccccc1. The first-order chi connectivity index (χ1) is 23.9. The number of hydrogen-bond acceptors (Lipinski definition) is 5. The standard InChI is InChI=1S/C34H34N3.C6H6.CHF3O3S.H2O.Pt/c1-19-9-23(5)31(24(6)10-19)35-17-27-13-21(3)15-29-30-16-22(4)14-28(34(30)37-33(27)29)18-36-32-25(7)11-20(2)12-26(32)8;1-2-4-6-5-3-1;2-1(3,4)8(5,6)7;;/h9-18H,1-8H3;1-6H;(H,5,6,7);1H2;/q-1;;;;+2. The van der Waals surface area contributed by atoms with Crippen molar-refractivity contribution in [3.63, 3.8) is 0 Å². The van der Waals surface area contributed by atoms with Gasteiger partial charge in [-0.05, 0) is 111 Å². The second-order valence-electron chi connectivity index (χ2n) is 12.7. The maximum atomic E-state index is 10.7. The van der Waals surface area contributed by atoms with Gasteiger partial charge in [0.05, 0.1) is 11.4 Å². The van der Waals surface area contributed by atoms with E-state index in [9.17, 15) is 13.2 Å². The molecule has 0 aliphatic carbocycles. The third-order valence-electron chi connectivity index (χ3n) is 7.97. The van der Waals surface area contributed by atoms with Gasteiger partial charge in [0.15, 0.2) is 10.1 Å². The molecule has 1 heterocycles. The van der Waals surface area contributed by atoms with Crippen molar-refractivity contribution in [2.24, 2.45) is 9.98 Å². The first-order valence-electron chi connectivity index (χ1n) is 16.1. The van der Waals surface area contributed by atoms with Crippen LogP contribution in [0.4, 0.5) is 24.5 Å². The predicted molar refractivity (Wildman–Crippen MR) is 207 cm³/mol. The molecule has 0 unspecified atom stereocenters. The summed E-state index contributed by atoms with van der Waals surface area (Å²) in [6.07, 6.45) is 3.96. The Morgan fingerprint density at radius 3 is 1.09 bits per heavy atom. The summed E-state index contributed by atoms with van der Waals surface area (Å²) in [4.78, 5) is 15.0. The maximum absolute atomic E-state index is 10.7. The normalized spacial score (nSPS) is 11.5. The largest absolute Gasteiger partial charge is 2.00 e. The van der Waals surface area contributed by atoms with Crippen molar-refractivity contribution in [3.05, 3.63) is 141 Å². The van der Waals surface area contributed by atoms with Crippen LogP contribution >= 0.6 is 0 Å². The summed E-state index contributed by atoms with van der Waals surface area (Å²) in [5.41, 5.74) is 10.1. The quantitative estimate of drug-likeness (QED) is 0.0755. The summed E-state index contributed by atoms with van der Waals surface area (Å²) in [7, 11) is -6.09. The van der Waals surface area contributed by atoms with Gasteiger partial charge in [0.25, 0.3) is 0 Å². The molecule has 0 aliphatic heterocycles. The van der Waals surface area contributed by atoms with E-state index in [1.54, 1.807) is 0 Å². The molecule has 1 aromatic heterocycles. The van der Waals surface area contributed by atoms with Crippen LogP contribution in [-0.2, 0) is 36.7 Å². The molecule has 7 nitrogen and oxygen atoms in total. The van der Waals surface area contributed by atoms with Crippen LogP contribution in [0, 0.1) is 55.4 Å². The van der Waals surface area contributed by atoms with Gasteiger partial charge in [-0.3, -0.25) is 9.98 Å². The summed E-state index contributed by atoms with van der Waals surface area (Å²) < 4.78 is 58.9. The van der Waals surface area contributed by atoms with Gasteiger partial charge in [-0.1, -0.05) is 96.1 Å². The van der Waals surface area contributed by atoms with Gasteiger partial charge >= 0.3 is 26.6 Å². The number of alkyl halides is 3. The van der Waals surface area contributed by atoms with Gasteiger partial charge in [-0.2, -0.15) is 13.2 Å². The number of benzene rings is 5. The molecule has 0 saturated heterocycles. The molecule has 0 aliphatic rings. The van der Waals surface area contributed by atoms with Crippen molar-refractivity contribution in [1.82, 2.24) is 4.98 Å². The summed E-state index contributed by atoms with van der Waals surface area (Å²) in [6, 6.07) is 29.6. The summed E-state index contributed by atoms with van der Waals surface area (Å²) in [6.45, 7) is 17.0. The van der Waals surface area contributed by atoms with E-state index in [0.717, 1.165) is 44.3 Å². The average Bonchev–Trinajstić information content (AvgIpc) is 3.38. The second kappa shape index (κ2) is 18.6. The predicted octanol–water partition coefficient (Wildman–Crippen LogP) is 9.73. The zero-order valence-corrected chi connectivity index (χ0v) is 33.8. The molecule has 282 valence electrons. The first kappa shape index (κ1) is 44.7. The number of halogens is 3. The average molecular weight is 926 g/mol. The van der Waals surface area contributed by atoms with E-state index < -0.39 is 15.6 Å². The molecule has 0 amide bonds. The maximum Gasteiger partial charge on any atom is 2.00 e. The van der Waals surface area contributed by atoms with Crippen LogP contribution < -0.4 is 4.98 Å². The number of rotatable bonds is 4. The van der Waals surface area contributed by atoms with Gasteiger partial charge in [-0.15, -0.1) is 11.0 Å². The van der Waals surface area contributed by atoms with Crippen LogP contribution in [0.1, 0.15) is 55.6 Å². The number of nitrogens with zero attached hydrogens (tertiary/aromatic N) is 3. The van der Waals surface area contributed by atoms with Crippen LogP contribution in [0.5, 0.6) is 0 Å². The Morgan fingerprint density at radius 2 is 0.830 bits per heavy atom. The number of aliphatic imine (C=N–C) groups is 2. The van der Waals surface area contributed by atoms with Gasteiger partial charge in [0.1, 0.15) is 0 Å². The smallest absolute Gasteiger partial charge is 0.741 e. The third-order valence-corrected chi connectivity index (χ3v) is 8.53. The minimum Gasteiger partial charge on any atom is -0.741 e. The van der Waals surface area contributed by atoms with E-state index in [2.05, 4.69) is 104 Å². The van der Waals surface area contributed by atoms with Crippen LogP contribution in [0.15, 0.2) is 94.9 Å². The Kier molecular flexibility index (Phi) is 15.7. The number of fused-ring (bicyclic) bond motifs is 3. The third kappa shape index (κ3) is 11.5. The van der Waals surface area contributed by atoms with Crippen molar-refractivity contribution < 1.29 is 52.7 Å². The molecule has 0 bridgehead atoms. The second-order valence-corrected chi connectivity index (χ2v) is 14.0. The molecule has 12 heteroatoms. The molecule has 53 heavy (non-hydrogen) atoms. The van der Waals surface area contributed by atoms with Crippen molar-refractivity contribution in [2.75, 3.05) is 0 Å². The zero-order valence-electron chi connectivity index (χ0n) is 30.7. The molecule has 0 atom stereocenters. The van der Waals surface area contributed by atoms with E-state index in [1.165, 1.54) is 44.5 Å². The molecular formula is C41H43F3N3O4PtS+. The Bertz CT molecular complexity index is 2170. The molecule has 0 saturated carbocycles. The Balaban J connectivity index is 0.000000512. The van der Waals surface area contributed by atoms with Crippen LogP contribution in [0.2, 0.25) is 0 Å². The fourth-order valence-corrected chi connectivity index (χ4v) is 5.99. The van der Waals surface area contributed by atoms with E-state index in [4.69, 9.17) is 27.9 Å². The Labute approximate surface area is 323 Å². The molecule has 0 fully saturated rings. The summed E-state index contributed by atoms with van der Waals surface area (Å²) in [5, 5.41) is 2.32. The number of aryl methyl sites for hydroxylation is 8. The van der Waals surface area contributed by atoms with Crippen LogP contribution in [0.25, 0.3) is 21.8 Å². The van der Waals surface area contributed by atoms with Gasteiger partial charge in [-0.25, -0.2) is 8.42 Å². The molecule has 0 spiro atoms. The Hall–Kier alpha value is -4.41. The van der Waals surface area contributed by atoms with Gasteiger partial charge < -0.3 is 15.0 Å². The van der Waals surface area contributed by atoms with E-state index >= 15 is 0 Å². The summed E-state index contributed by atoms with van der Waals surface area (Å²) in [5.74, 6) is 0. The summed E-state index contributed by atoms with van der Waals surface area (Å²) >= 11 is 0. The van der Waals surface area contributed by atoms with Crippen LogP contribution in [-0.4, -0.2) is 30.9 Å². The Morgan fingerprint density at radius 1 is 0.566 bits per heavy atom. The molecule has 6 aromatic rings. The number of aromatic nitrogens is 1. The van der Waals surface area contributed by atoms with Crippen molar-refractivity contribution in [1.29, 1.82) is 0 Å². The topological polar surface area (TPSA) is 129 Å². The fraction of sp³-hybridized carbons (Fsp3) is 0.220. The van der Waals surface area contributed by atoms with Gasteiger partial charge in [0, 0.05) is 12.4 Å². The monoisotopic (exact) mass is 925 g/mol. The molecular weight excluding hydrogens is 883 g/mol. The van der Waals surface area contributed by atoms with Crippen LogP contribution in [0.3, 0.4) is 0 Å². The van der Waals surface area contributed by atoms with Crippen molar-refractivity contribution in [3.8, 4) is 0 Å².